The molecule has 0 amide bonds. The quantitative estimate of drug-likeness (QED) is 0.346. The fraction of sp³-hybridized carbons (Fsp3) is 0.545. The van der Waals surface area contributed by atoms with Gasteiger partial charge in [-0.05, 0) is 74.4 Å². The van der Waals surface area contributed by atoms with Crippen LogP contribution < -0.4 is 14.2 Å². The highest BCUT2D eigenvalue weighted by Gasteiger charge is 2.29. The molecule has 11 heteroatoms. The first-order chi connectivity index (χ1) is 14.8. The lowest BCUT2D eigenvalue weighted by molar-refractivity contribution is 0.0105. The Bertz CT molecular complexity index is 861. The second-order valence-electron chi connectivity index (χ2n) is 9.81. The second-order valence-corrected chi connectivity index (χ2v) is 9.81. The molecule has 0 fully saturated rings. The SMILES string of the molecule is CC(C)(C)OC(=O)Oc1cc(C(=O)O)cc(OC(=O)OC(C)(C)C)c1OC(=O)OC(C)(C)C. The molecular weight excluding hydrogens is 440 g/mol. The molecule has 0 spiro atoms. The van der Waals surface area contributed by atoms with Gasteiger partial charge in [-0.1, -0.05) is 0 Å². The summed E-state index contributed by atoms with van der Waals surface area (Å²) in [4.78, 5) is 48.3. The number of rotatable bonds is 4. The largest absolute Gasteiger partial charge is 0.514 e. The number of carboxylic acids is 1. The maximum Gasteiger partial charge on any atom is 0.514 e. The topological polar surface area (TPSA) is 144 Å². The van der Waals surface area contributed by atoms with Gasteiger partial charge in [0, 0.05) is 0 Å². The van der Waals surface area contributed by atoms with E-state index in [9.17, 15) is 24.3 Å². The molecule has 1 N–H and O–H groups in total. The number of benzene rings is 1. The Balaban J connectivity index is 3.52. The standard InChI is InChI=1S/C22H30O11/c1-20(2,3)31-17(25)28-13-10-12(16(23)24)11-14(29-18(26)32-21(4,5)6)15(13)30-19(27)33-22(7,8)9/h10-11H,1-9H3,(H,23,24). The number of carbonyl (C=O) groups excluding carboxylic acids is 3. The van der Waals surface area contributed by atoms with Crippen LogP contribution in [0.3, 0.4) is 0 Å². The summed E-state index contributed by atoms with van der Waals surface area (Å²) < 4.78 is 30.5. The maximum absolute atomic E-state index is 12.3. The Morgan fingerprint density at radius 3 is 1.18 bits per heavy atom. The molecule has 1 aromatic rings. The lowest BCUT2D eigenvalue weighted by Crippen LogP contribution is -2.28. The van der Waals surface area contributed by atoms with Crippen LogP contribution in [0.25, 0.3) is 0 Å². The van der Waals surface area contributed by atoms with Crippen LogP contribution in [0, 0.1) is 0 Å². The van der Waals surface area contributed by atoms with E-state index < -0.39 is 64.1 Å². The van der Waals surface area contributed by atoms with Crippen LogP contribution in [0.4, 0.5) is 14.4 Å². The third-order valence-corrected chi connectivity index (χ3v) is 3.01. The number of carbonyl (C=O) groups is 4. The van der Waals surface area contributed by atoms with Gasteiger partial charge in [-0.25, -0.2) is 19.2 Å². The van der Waals surface area contributed by atoms with Gasteiger partial charge in [0.2, 0.25) is 5.75 Å². The Morgan fingerprint density at radius 1 is 0.606 bits per heavy atom. The molecule has 0 aliphatic carbocycles. The van der Waals surface area contributed by atoms with Crippen molar-refractivity contribution in [3.05, 3.63) is 17.7 Å². The predicted octanol–water partition coefficient (Wildman–Crippen LogP) is 5.33. The van der Waals surface area contributed by atoms with Crippen LogP contribution in [0.5, 0.6) is 17.2 Å². The highest BCUT2D eigenvalue weighted by molar-refractivity contribution is 5.90. The van der Waals surface area contributed by atoms with Gasteiger partial charge in [-0.2, -0.15) is 0 Å². The number of carboxylic acid groups (broad SMARTS) is 1. The summed E-state index contributed by atoms with van der Waals surface area (Å²) in [5.74, 6) is -3.16. The van der Waals surface area contributed by atoms with E-state index in [1.54, 1.807) is 62.3 Å². The zero-order chi connectivity index (χ0) is 25.8. The molecule has 0 unspecified atom stereocenters. The molecule has 184 valence electrons. The Hall–Kier alpha value is -3.50. The predicted molar refractivity (Wildman–Crippen MR) is 114 cm³/mol. The van der Waals surface area contributed by atoms with Gasteiger partial charge in [0.15, 0.2) is 11.5 Å². The van der Waals surface area contributed by atoms with Gasteiger partial charge in [0.05, 0.1) is 5.56 Å². The summed E-state index contributed by atoms with van der Waals surface area (Å²) in [6.45, 7) is 14.2. The van der Waals surface area contributed by atoms with Crippen LogP contribution in [0.1, 0.15) is 72.7 Å². The minimum Gasteiger partial charge on any atom is -0.478 e. The Labute approximate surface area is 191 Å². The summed E-state index contributed by atoms with van der Waals surface area (Å²) >= 11 is 0. The molecule has 1 rings (SSSR count). The molecule has 0 aliphatic rings. The van der Waals surface area contributed by atoms with Crippen LogP contribution in [-0.4, -0.2) is 46.3 Å². The number of aromatic carboxylic acids is 1. The van der Waals surface area contributed by atoms with Crippen molar-refractivity contribution >= 4 is 24.4 Å². The van der Waals surface area contributed by atoms with Gasteiger partial charge in [-0.15, -0.1) is 0 Å². The molecule has 33 heavy (non-hydrogen) atoms. The average molecular weight is 470 g/mol. The molecule has 0 aliphatic heterocycles. The van der Waals surface area contributed by atoms with E-state index in [1.807, 2.05) is 0 Å². The summed E-state index contributed by atoms with van der Waals surface area (Å²) in [6, 6.07) is 1.79. The van der Waals surface area contributed by atoms with Crippen molar-refractivity contribution in [2.24, 2.45) is 0 Å². The molecule has 0 heterocycles. The summed E-state index contributed by atoms with van der Waals surface area (Å²) in [7, 11) is 0. The number of hydrogen-bond acceptors (Lipinski definition) is 10. The third-order valence-electron chi connectivity index (χ3n) is 3.01. The summed E-state index contributed by atoms with van der Waals surface area (Å²) in [5.41, 5.74) is -3.27. The molecule has 0 saturated heterocycles. The van der Waals surface area contributed by atoms with Gasteiger partial charge < -0.3 is 33.5 Å². The Morgan fingerprint density at radius 2 is 0.909 bits per heavy atom. The van der Waals surface area contributed by atoms with E-state index >= 15 is 0 Å². The van der Waals surface area contributed by atoms with E-state index in [1.165, 1.54) is 0 Å². The fourth-order valence-corrected chi connectivity index (χ4v) is 2.03. The van der Waals surface area contributed by atoms with Crippen molar-refractivity contribution in [3.63, 3.8) is 0 Å². The number of ether oxygens (including phenoxy) is 6. The molecule has 1 aromatic carbocycles. The smallest absolute Gasteiger partial charge is 0.478 e. The maximum atomic E-state index is 12.3. The van der Waals surface area contributed by atoms with E-state index in [0.717, 1.165) is 12.1 Å². The fourth-order valence-electron chi connectivity index (χ4n) is 2.03. The van der Waals surface area contributed by atoms with E-state index in [-0.39, 0.29) is 0 Å². The molecule has 11 nitrogen and oxygen atoms in total. The van der Waals surface area contributed by atoms with Crippen LogP contribution in [-0.2, 0) is 14.2 Å². The lowest BCUT2D eigenvalue weighted by atomic mass is 10.2. The van der Waals surface area contributed by atoms with Gasteiger partial charge in [-0.3, -0.25) is 0 Å². The minimum absolute atomic E-state index is 0.441. The van der Waals surface area contributed by atoms with Crippen LogP contribution >= 0.6 is 0 Å². The highest BCUT2D eigenvalue weighted by Crippen LogP contribution is 2.40. The summed E-state index contributed by atoms with van der Waals surface area (Å²) in [6.07, 6.45) is -3.67. The second kappa shape index (κ2) is 9.97. The monoisotopic (exact) mass is 470 g/mol. The molecule has 0 aromatic heterocycles. The lowest BCUT2D eigenvalue weighted by Gasteiger charge is -2.22. The third kappa shape index (κ3) is 10.6. The van der Waals surface area contributed by atoms with Gasteiger partial charge >= 0.3 is 24.4 Å². The van der Waals surface area contributed by atoms with Crippen molar-refractivity contribution in [3.8, 4) is 17.2 Å². The zero-order valence-corrected chi connectivity index (χ0v) is 20.2. The average Bonchev–Trinajstić information content (AvgIpc) is 2.51. The zero-order valence-electron chi connectivity index (χ0n) is 20.2. The van der Waals surface area contributed by atoms with Gasteiger partial charge in [0.25, 0.3) is 0 Å². The van der Waals surface area contributed by atoms with Gasteiger partial charge in [0.1, 0.15) is 16.8 Å². The first kappa shape index (κ1) is 27.5. The molecule has 0 atom stereocenters. The molecule has 0 radical (unpaired) electrons. The van der Waals surface area contributed by atoms with Crippen LogP contribution in [0.2, 0.25) is 0 Å². The normalized spacial score (nSPS) is 11.8. The van der Waals surface area contributed by atoms with E-state index in [2.05, 4.69) is 0 Å². The van der Waals surface area contributed by atoms with E-state index in [4.69, 9.17) is 28.4 Å². The van der Waals surface area contributed by atoms with Crippen molar-refractivity contribution in [1.29, 1.82) is 0 Å². The summed E-state index contributed by atoms with van der Waals surface area (Å²) in [5, 5.41) is 9.42. The van der Waals surface area contributed by atoms with Crippen molar-refractivity contribution in [1.82, 2.24) is 0 Å². The first-order valence-corrected chi connectivity index (χ1v) is 9.89. The number of hydrogen-bond donors (Lipinski definition) is 1. The molecule has 0 saturated carbocycles. The van der Waals surface area contributed by atoms with Crippen molar-refractivity contribution in [2.45, 2.75) is 79.1 Å². The van der Waals surface area contributed by atoms with Crippen molar-refractivity contribution < 1.29 is 52.7 Å². The minimum atomic E-state index is -1.44. The Kier molecular flexibility index (Phi) is 8.32. The van der Waals surface area contributed by atoms with Crippen LogP contribution in [0.15, 0.2) is 12.1 Å². The highest BCUT2D eigenvalue weighted by atomic mass is 16.8. The van der Waals surface area contributed by atoms with Crippen molar-refractivity contribution in [2.75, 3.05) is 0 Å². The van der Waals surface area contributed by atoms with E-state index in [0.29, 0.717) is 0 Å². The first-order valence-electron chi connectivity index (χ1n) is 9.89. The molecule has 0 bridgehead atoms. The molecular formula is C22H30O11.